The number of carbonyl (C=O) groups is 1. The number of amides is 1. The highest BCUT2D eigenvalue weighted by molar-refractivity contribution is 7.12. The molecule has 1 amide bonds. The monoisotopic (exact) mass is 456 g/mol. The lowest BCUT2D eigenvalue weighted by Crippen LogP contribution is -2.48. The number of carbonyl (C=O) groups excluding carboxylic acids is 1. The summed E-state index contributed by atoms with van der Waals surface area (Å²) in [6, 6.07) is 7.82. The number of thiazole rings is 1. The zero-order valence-electron chi connectivity index (χ0n) is 18.6. The van der Waals surface area contributed by atoms with Gasteiger partial charge in [0.25, 0.3) is 0 Å². The maximum Gasteiger partial charge on any atom is 0.228 e. The third-order valence-electron chi connectivity index (χ3n) is 5.60. The Kier molecular flexibility index (Phi) is 6.96. The van der Waals surface area contributed by atoms with Gasteiger partial charge in [-0.05, 0) is 18.2 Å². The number of rotatable bonds is 8. The van der Waals surface area contributed by atoms with Crippen molar-refractivity contribution < 1.29 is 19.0 Å². The van der Waals surface area contributed by atoms with Gasteiger partial charge >= 0.3 is 0 Å². The van der Waals surface area contributed by atoms with Crippen LogP contribution in [0, 0.1) is 0 Å². The Labute approximate surface area is 191 Å². The molecule has 32 heavy (non-hydrogen) atoms. The second-order valence-corrected chi connectivity index (χ2v) is 8.38. The summed E-state index contributed by atoms with van der Waals surface area (Å²) in [7, 11) is 4.86. The summed E-state index contributed by atoms with van der Waals surface area (Å²) in [5.74, 6) is 2.06. The van der Waals surface area contributed by atoms with Gasteiger partial charge in [-0.1, -0.05) is 6.07 Å². The fraction of sp³-hybridized carbons (Fsp3) is 0.391. The fourth-order valence-electron chi connectivity index (χ4n) is 3.91. The van der Waals surface area contributed by atoms with E-state index in [9.17, 15) is 4.79 Å². The van der Waals surface area contributed by atoms with Crippen molar-refractivity contribution in [2.75, 3.05) is 47.5 Å². The van der Waals surface area contributed by atoms with Crippen molar-refractivity contribution in [1.29, 1.82) is 0 Å². The lowest BCUT2D eigenvalue weighted by Gasteiger charge is -2.35. The van der Waals surface area contributed by atoms with Crippen molar-refractivity contribution in [3.63, 3.8) is 0 Å². The van der Waals surface area contributed by atoms with Crippen LogP contribution in [0.3, 0.4) is 0 Å². The molecule has 0 atom stereocenters. The Hall–Kier alpha value is -3.04. The Morgan fingerprint density at radius 2 is 1.72 bits per heavy atom. The Bertz CT molecular complexity index is 1040. The second-order valence-electron chi connectivity index (χ2n) is 7.54. The van der Waals surface area contributed by atoms with E-state index in [2.05, 4.69) is 9.88 Å². The minimum absolute atomic E-state index is 0.123. The molecule has 0 N–H and O–H groups in total. The molecule has 8 nitrogen and oxygen atoms in total. The van der Waals surface area contributed by atoms with Gasteiger partial charge in [0.2, 0.25) is 11.7 Å². The van der Waals surface area contributed by atoms with E-state index in [1.807, 2.05) is 51.5 Å². The smallest absolute Gasteiger partial charge is 0.228 e. The quantitative estimate of drug-likeness (QED) is 0.519. The lowest BCUT2D eigenvalue weighted by atomic mass is 10.1. The van der Waals surface area contributed by atoms with Crippen molar-refractivity contribution >= 4 is 17.2 Å². The normalized spacial score (nSPS) is 14.4. The van der Waals surface area contributed by atoms with E-state index in [0.717, 1.165) is 36.0 Å². The predicted molar refractivity (Wildman–Crippen MR) is 123 cm³/mol. The third-order valence-corrected chi connectivity index (χ3v) is 6.50. The Balaban J connectivity index is 1.33. The van der Waals surface area contributed by atoms with Crippen LogP contribution < -0.4 is 14.2 Å². The van der Waals surface area contributed by atoms with Gasteiger partial charge in [-0.3, -0.25) is 9.69 Å². The van der Waals surface area contributed by atoms with Crippen molar-refractivity contribution in [2.24, 2.45) is 0 Å². The van der Waals surface area contributed by atoms with Gasteiger partial charge in [0.05, 0.1) is 33.4 Å². The van der Waals surface area contributed by atoms with Crippen molar-refractivity contribution in [2.45, 2.75) is 13.0 Å². The molecule has 1 aliphatic rings. The maximum atomic E-state index is 12.8. The number of methoxy groups -OCH3 is 3. The summed E-state index contributed by atoms with van der Waals surface area (Å²) in [6.07, 6.45) is 4.25. The van der Waals surface area contributed by atoms with Gasteiger partial charge in [-0.25, -0.2) is 4.98 Å². The second kappa shape index (κ2) is 10.1. The standard InChI is InChI=1S/C23H28N4O4S/c1-29-19-7-6-17(21(30-2)22(19)31-3)15-25-10-12-26(13-11-25)20(28)14-18-16-32-23(24-18)27-8-4-5-9-27/h4-9,16H,10-15H2,1-3H3. The van der Waals surface area contributed by atoms with Gasteiger partial charge in [-0.2, -0.15) is 0 Å². The molecule has 0 unspecified atom stereocenters. The van der Waals surface area contributed by atoms with Crippen LogP contribution in [0.25, 0.3) is 5.13 Å². The number of nitrogens with zero attached hydrogens (tertiary/aromatic N) is 4. The molecule has 1 aliphatic heterocycles. The average molecular weight is 457 g/mol. The highest BCUT2D eigenvalue weighted by atomic mass is 32.1. The molecule has 1 aromatic carbocycles. The summed E-state index contributed by atoms with van der Waals surface area (Å²) in [5, 5.41) is 2.85. The highest BCUT2D eigenvalue weighted by Crippen LogP contribution is 2.40. The van der Waals surface area contributed by atoms with E-state index in [1.165, 1.54) is 0 Å². The van der Waals surface area contributed by atoms with E-state index in [0.29, 0.717) is 36.8 Å². The molecule has 0 aliphatic carbocycles. The first-order chi connectivity index (χ1) is 15.6. The van der Waals surface area contributed by atoms with Gasteiger partial charge in [0, 0.05) is 56.1 Å². The van der Waals surface area contributed by atoms with Crippen LogP contribution in [-0.2, 0) is 17.8 Å². The molecule has 0 radical (unpaired) electrons. The minimum atomic E-state index is 0.123. The Morgan fingerprint density at radius 1 is 1.00 bits per heavy atom. The van der Waals surface area contributed by atoms with Crippen LogP contribution in [0.2, 0.25) is 0 Å². The molecule has 1 fully saturated rings. The van der Waals surface area contributed by atoms with Crippen LogP contribution in [0.4, 0.5) is 0 Å². The zero-order valence-corrected chi connectivity index (χ0v) is 19.4. The molecule has 4 rings (SSSR count). The topological polar surface area (TPSA) is 69.1 Å². The minimum Gasteiger partial charge on any atom is -0.493 e. The predicted octanol–water partition coefficient (Wildman–Crippen LogP) is 2.85. The van der Waals surface area contributed by atoms with E-state index in [4.69, 9.17) is 14.2 Å². The summed E-state index contributed by atoms with van der Waals surface area (Å²) in [4.78, 5) is 21.6. The summed E-state index contributed by atoms with van der Waals surface area (Å²) >= 11 is 1.55. The average Bonchev–Trinajstić information content (AvgIpc) is 3.51. The van der Waals surface area contributed by atoms with Gasteiger partial charge in [0.1, 0.15) is 0 Å². The fourth-order valence-corrected chi connectivity index (χ4v) is 4.70. The molecule has 3 aromatic rings. The number of ether oxygens (including phenoxy) is 3. The lowest BCUT2D eigenvalue weighted by molar-refractivity contribution is -0.132. The molecule has 0 saturated carbocycles. The molecule has 170 valence electrons. The number of piperazine rings is 1. The third kappa shape index (κ3) is 4.73. The molecule has 2 aromatic heterocycles. The number of hydrogen-bond acceptors (Lipinski definition) is 7. The van der Waals surface area contributed by atoms with Gasteiger partial charge in [-0.15, -0.1) is 11.3 Å². The molecule has 1 saturated heterocycles. The van der Waals surface area contributed by atoms with Crippen LogP contribution in [0.5, 0.6) is 17.2 Å². The van der Waals surface area contributed by atoms with Crippen molar-refractivity contribution in [1.82, 2.24) is 19.4 Å². The first kappa shape index (κ1) is 22.2. The molecule has 3 heterocycles. The molecular formula is C23H28N4O4S. The highest BCUT2D eigenvalue weighted by Gasteiger charge is 2.24. The summed E-state index contributed by atoms with van der Waals surface area (Å²) in [6.45, 7) is 3.72. The van der Waals surface area contributed by atoms with E-state index < -0.39 is 0 Å². The number of aromatic nitrogens is 2. The number of hydrogen-bond donors (Lipinski definition) is 0. The first-order valence-corrected chi connectivity index (χ1v) is 11.4. The van der Waals surface area contributed by atoms with Gasteiger partial charge < -0.3 is 23.7 Å². The largest absolute Gasteiger partial charge is 0.493 e. The van der Waals surface area contributed by atoms with Crippen LogP contribution in [-0.4, -0.2) is 72.8 Å². The van der Waals surface area contributed by atoms with Crippen molar-refractivity contribution in [3.05, 3.63) is 53.3 Å². The molecule has 0 spiro atoms. The van der Waals surface area contributed by atoms with Gasteiger partial charge in [0.15, 0.2) is 16.6 Å². The zero-order chi connectivity index (χ0) is 22.5. The van der Waals surface area contributed by atoms with Crippen molar-refractivity contribution in [3.8, 4) is 22.4 Å². The van der Waals surface area contributed by atoms with E-state index in [-0.39, 0.29) is 5.91 Å². The Morgan fingerprint density at radius 3 is 2.38 bits per heavy atom. The molecule has 0 bridgehead atoms. The summed E-state index contributed by atoms with van der Waals surface area (Å²) in [5.41, 5.74) is 1.85. The molecule has 9 heteroatoms. The first-order valence-electron chi connectivity index (χ1n) is 10.5. The van der Waals surface area contributed by atoms with E-state index in [1.54, 1.807) is 32.7 Å². The van der Waals surface area contributed by atoms with Crippen LogP contribution >= 0.6 is 11.3 Å². The number of benzene rings is 1. The van der Waals surface area contributed by atoms with Crippen LogP contribution in [0.15, 0.2) is 42.0 Å². The van der Waals surface area contributed by atoms with Crippen LogP contribution in [0.1, 0.15) is 11.3 Å². The summed E-state index contributed by atoms with van der Waals surface area (Å²) < 4.78 is 18.4. The maximum absolute atomic E-state index is 12.8. The van der Waals surface area contributed by atoms with E-state index >= 15 is 0 Å². The SMILES string of the molecule is COc1ccc(CN2CCN(C(=O)Cc3csc(-n4cccc4)n3)CC2)c(OC)c1OC. The molecular weight excluding hydrogens is 428 g/mol.